The van der Waals surface area contributed by atoms with Crippen molar-refractivity contribution < 1.29 is 9.53 Å². The third-order valence-electron chi connectivity index (χ3n) is 5.66. The largest absolute Gasteiger partial charge is 0.379 e. The third kappa shape index (κ3) is 4.95. The van der Waals surface area contributed by atoms with Crippen LogP contribution in [0.3, 0.4) is 0 Å². The van der Waals surface area contributed by atoms with Gasteiger partial charge in [0.25, 0.3) is 0 Å². The van der Waals surface area contributed by atoms with Gasteiger partial charge in [-0.05, 0) is 44.4 Å². The van der Waals surface area contributed by atoms with Crippen molar-refractivity contribution in [3.63, 3.8) is 0 Å². The molecule has 1 saturated heterocycles. The fourth-order valence-electron chi connectivity index (χ4n) is 4.44. The maximum atomic E-state index is 12.6. The molecule has 0 radical (unpaired) electrons. The van der Waals surface area contributed by atoms with Crippen LogP contribution in [0, 0.1) is 11.8 Å². The van der Waals surface area contributed by atoms with E-state index in [1.165, 1.54) is 19.3 Å². The van der Waals surface area contributed by atoms with Gasteiger partial charge in [0.2, 0.25) is 5.91 Å². The maximum Gasteiger partial charge on any atom is 0.237 e. The van der Waals surface area contributed by atoms with Crippen LogP contribution < -0.4 is 11.1 Å². The van der Waals surface area contributed by atoms with Gasteiger partial charge < -0.3 is 15.8 Å². The number of halogens is 2. The van der Waals surface area contributed by atoms with Crippen LogP contribution in [0.5, 0.6) is 0 Å². The predicted molar refractivity (Wildman–Crippen MR) is 96.3 cm³/mol. The third-order valence-corrected chi connectivity index (χ3v) is 5.66. The van der Waals surface area contributed by atoms with Crippen LogP contribution in [0.1, 0.15) is 39.0 Å². The molecule has 0 spiro atoms. The first-order valence-corrected chi connectivity index (χ1v) is 8.53. The number of hydrogen-bond donors (Lipinski definition) is 2. The molecule has 3 atom stereocenters. The second kappa shape index (κ2) is 9.42. The number of morpholine rings is 1. The van der Waals surface area contributed by atoms with E-state index in [2.05, 4.69) is 10.2 Å². The SMILES string of the molecule is CC(C(=O)NC1C2CCCC1CC(N)C2)N1CCOCC1.Cl.Cl. The second-order valence-electron chi connectivity index (χ2n) is 7.04. The summed E-state index contributed by atoms with van der Waals surface area (Å²) in [7, 11) is 0. The van der Waals surface area contributed by atoms with E-state index in [-0.39, 0.29) is 36.8 Å². The lowest BCUT2D eigenvalue weighted by atomic mass is 9.67. The van der Waals surface area contributed by atoms with E-state index in [4.69, 9.17) is 10.5 Å². The minimum Gasteiger partial charge on any atom is -0.379 e. The zero-order chi connectivity index (χ0) is 14.8. The van der Waals surface area contributed by atoms with Crippen molar-refractivity contribution in [2.24, 2.45) is 17.6 Å². The number of carbonyl (C=O) groups excluding carboxylic acids is 1. The zero-order valence-electron chi connectivity index (χ0n) is 13.9. The number of amides is 1. The molecule has 0 aromatic carbocycles. The minimum absolute atomic E-state index is 0. The van der Waals surface area contributed by atoms with Gasteiger partial charge in [0.05, 0.1) is 19.3 Å². The lowest BCUT2D eigenvalue weighted by molar-refractivity contribution is -0.129. The van der Waals surface area contributed by atoms with Crippen molar-refractivity contribution in [1.29, 1.82) is 0 Å². The Kier molecular flexibility index (Phi) is 8.59. The summed E-state index contributed by atoms with van der Waals surface area (Å²) in [4.78, 5) is 14.8. The minimum atomic E-state index is -0.0507. The molecule has 7 heteroatoms. The van der Waals surface area contributed by atoms with Crippen molar-refractivity contribution >= 4 is 30.7 Å². The molecule has 3 N–H and O–H groups in total. The highest BCUT2D eigenvalue weighted by Crippen LogP contribution is 2.39. The molecular weight excluding hydrogens is 337 g/mol. The first-order valence-electron chi connectivity index (χ1n) is 8.53. The number of hydrogen-bond acceptors (Lipinski definition) is 4. The number of nitrogens with two attached hydrogens (primary N) is 1. The molecular formula is C16H31Cl2N3O2. The number of fused-ring (bicyclic) bond motifs is 2. The van der Waals surface area contributed by atoms with Crippen molar-refractivity contribution in [2.75, 3.05) is 26.3 Å². The van der Waals surface area contributed by atoms with Gasteiger partial charge in [0.1, 0.15) is 0 Å². The van der Waals surface area contributed by atoms with Crippen molar-refractivity contribution in [1.82, 2.24) is 10.2 Å². The molecule has 136 valence electrons. The van der Waals surface area contributed by atoms with Gasteiger partial charge in [-0.2, -0.15) is 0 Å². The average Bonchev–Trinajstić information content (AvgIpc) is 2.48. The summed E-state index contributed by atoms with van der Waals surface area (Å²) in [5.41, 5.74) is 6.16. The van der Waals surface area contributed by atoms with Gasteiger partial charge >= 0.3 is 0 Å². The highest BCUT2D eigenvalue weighted by atomic mass is 35.5. The standard InChI is InChI=1S/C16H29N3O2.2ClH/c1-11(19-5-7-21-8-6-19)16(20)18-15-12-3-2-4-13(15)10-14(17)9-12;;/h11-15H,2-10,17H2,1H3,(H,18,20);2*1H. The van der Waals surface area contributed by atoms with E-state index in [9.17, 15) is 4.79 Å². The Hall–Kier alpha value is -0.0700. The van der Waals surface area contributed by atoms with E-state index in [1.54, 1.807) is 0 Å². The quantitative estimate of drug-likeness (QED) is 0.794. The molecule has 0 aromatic rings. The molecule has 5 nitrogen and oxygen atoms in total. The van der Waals surface area contributed by atoms with Crippen LogP contribution in [0.4, 0.5) is 0 Å². The Balaban J connectivity index is 0.00000132. The zero-order valence-corrected chi connectivity index (χ0v) is 15.5. The number of nitrogens with zero attached hydrogens (tertiary/aromatic N) is 1. The summed E-state index contributed by atoms with van der Waals surface area (Å²) in [5.74, 6) is 1.37. The fourth-order valence-corrected chi connectivity index (χ4v) is 4.44. The Labute approximate surface area is 151 Å². The predicted octanol–water partition coefficient (Wildman–Crippen LogP) is 1.57. The molecule has 1 aliphatic heterocycles. The van der Waals surface area contributed by atoms with Gasteiger partial charge in [-0.15, -0.1) is 24.8 Å². The van der Waals surface area contributed by atoms with E-state index in [0.29, 0.717) is 23.9 Å². The number of carbonyl (C=O) groups is 1. The van der Waals surface area contributed by atoms with Crippen LogP contribution >= 0.6 is 24.8 Å². The summed E-state index contributed by atoms with van der Waals surface area (Å²) >= 11 is 0. The highest BCUT2D eigenvalue weighted by molar-refractivity contribution is 5.85. The lowest BCUT2D eigenvalue weighted by Gasteiger charge is -2.46. The molecule has 23 heavy (non-hydrogen) atoms. The van der Waals surface area contributed by atoms with Crippen LogP contribution in [0.15, 0.2) is 0 Å². The topological polar surface area (TPSA) is 67.6 Å². The maximum absolute atomic E-state index is 12.6. The summed E-state index contributed by atoms with van der Waals surface area (Å²) < 4.78 is 5.36. The number of ether oxygens (including phenoxy) is 1. The number of rotatable bonds is 3. The highest BCUT2D eigenvalue weighted by Gasteiger charge is 2.40. The van der Waals surface area contributed by atoms with E-state index in [1.807, 2.05) is 6.92 Å². The summed E-state index contributed by atoms with van der Waals surface area (Å²) in [6.07, 6.45) is 5.90. The molecule has 2 bridgehead atoms. The first-order chi connectivity index (χ1) is 10.1. The van der Waals surface area contributed by atoms with Crippen LogP contribution in [0.25, 0.3) is 0 Å². The summed E-state index contributed by atoms with van der Waals surface area (Å²) in [5, 5.41) is 3.36. The average molecular weight is 368 g/mol. The van der Waals surface area contributed by atoms with Gasteiger partial charge in [0, 0.05) is 25.2 Å². The monoisotopic (exact) mass is 367 g/mol. The molecule has 3 fully saturated rings. The van der Waals surface area contributed by atoms with Gasteiger partial charge in [0.15, 0.2) is 0 Å². The molecule has 3 aliphatic rings. The second-order valence-corrected chi connectivity index (χ2v) is 7.04. The van der Waals surface area contributed by atoms with Gasteiger partial charge in [-0.25, -0.2) is 0 Å². The van der Waals surface area contributed by atoms with Crippen molar-refractivity contribution in [3.8, 4) is 0 Å². The van der Waals surface area contributed by atoms with Crippen LogP contribution in [-0.2, 0) is 9.53 Å². The summed E-state index contributed by atoms with van der Waals surface area (Å²) in [6, 6.07) is 0.643. The lowest BCUT2D eigenvalue weighted by Crippen LogP contribution is -2.58. The summed E-state index contributed by atoms with van der Waals surface area (Å²) in [6.45, 7) is 5.21. The Morgan fingerprint density at radius 1 is 1.17 bits per heavy atom. The van der Waals surface area contributed by atoms with Crippen molar-refractivity contribution in [2.45, 2.75) is 57.2 Å². The fraction of sp³-hybridized carbons (Fsp3) is 0.938. The molecule has 3 unspecified atom stereocenters. The number of nitrogens with one attached hydrogen (secondary N) is 1. The molecule has 2 aliphatic carbocycles. The molecule has 3 rings (SSSR count). The Morgan fingerprint density at radius 2 is 1.74 bits per heavy atom. The van der Waals surface area contributed by atoms with E-state index in [0.717, 1.165) is 39.1 Å². The Bertz CT molecular complexity index is 366. The molecule has 0 aromatic heterocycles. The van der Waals surface area contributed by atoms with Gasteiger partial charge in [-0.1, -0.05) is 6.42 Å². The Morgan fingerprint density at radius 3 is 2.30 bits per heavy atom. The van der Waals surface area contributed by atoms with E-state index < -0.39 is 0 Å². The molecule has 1 amide bonds. The molecule has 2 saturated carbocycles. The van der Waals surface area contributed by atoms with Crippen LogP contribution in [0.2, 0.25) is 0 Å². The smallest absolute Gasteiger partial charge is 0.237 e. The normalized spacial score (nSPS) is 35.4. The van der Waals surface area contributed by atoms with Crippen molar-refractivity contribution in [3.05, 3.63) is 0 Å². The molecule has 1 heterocycles. The first kappa shape index (κ1) is 21.0. The van der Waals surface area contributed by atoms with Crippen LogP contribution in [-0.4, -0.2) is 55.2 Å². The van der Waals surface area contributed by atoms with Gasteiger partial charge in [-0.3, -0.25) is 9.69 Å². The van der Waals surface area contributed by atoms with E-state index >= 15 is 0 Å².